The number of benzene rings is 2. The number of halogens is 1. The maximum atomic E-state index is 11.8. The van der Waals surface area contributed by atoms with Gasteiger partial charge in [-0.1, -0.05) is 30.3 Å². The first kappa shape index (κ1) is 18.3. The molecule has 2 aromatic rings. The Bertz CT molecular complexity index is 752. The SMILES string of the molecule is CC(C)(C)OC(=O)CNC(=O)COc1ccc2ccccc2c1Br. The van der Waals surface area contributed by atoms with Gasteiger partial charge in [0.05, 0.1) is 4.47 Å². The van der Waals surface area contributed by atoms with Gasteiger partial charge in [0.15, 0.2) is 6.61 Å². The van der Waals surface area contributed by atoms with Gasteiger partial charge in [-0.3, -0.25) is 9.59 Å². The van der Waals surface area contributed by atoms with E-state index in [2.05, 4.69) is 21.2 Å². The molecule has 24 heavy (non-hydrogen) atoms. The third-order valence-electron chi connectivity index (χ3n) is 3.04. The fourth-order valence-corrected chi connectivity index (χ4v) is 2.68. The molecule has 1 N–H and O–H groups in total. The average Bonchev–Trinajstić information content (AvgIpc) is 2.51. The van der Waals surface area contributed by atoms with Gasteiger partial charge in [0, 0.05) is 0 Å². The fraction of sp³-hybridized carbons (Fsp3) is 0.333. The van der Waals surface area contributed by atoms with E-state index in [9.17, 15) is 9.59 Å². The van der Waals surface area contributed by atoms with Crippen LogP contribution in [-0.2, 0) is 14.3 Å². The van der Waals surface area contributed by atoms with Crippen molar-refractivity contribution in [3.63, 3.8) is 0 Å². The van der Waals surface area contributed by atoms with Crippen molar-refractivity contribution in [3.8, 4) is 5.75 Å². The van der Waals surface area contributed by atoms with Crippen LogP contribution in [0.1, 0.15) is 20.8 Å². The minimum absolute atomic E-state index is 0.181. The summed E-state index contributed by atoms with van der Waals surface area (Å²) >= 11 is 3.50. The third-order valence-corrected chi connectivity index (χ3v) is 3.85. The molecule has 0 bridgehead atoms. The summed E-state index contributed by atoms with van der Waals surface area (Å²) in [6.45, 7) is 4.95. The Morgan fingerprint density at radius 1 is 1.12 bits per heavy atom. The molecule has 0 aromatic heterocycles. The van der Waals surface area contributed by atoms with E-state index in [1.807, 2.05) is 30.3 Å². The Morgan fingerprint density at radius 3 is 2.54 bits per heavy atom. The van der Waals surface area contributed by atoms with Crippen LogP contribution in [0.5, 0.6) is 5.75 Å². The first-order chi connectivity index (χ1) is 11.3. The second-order valence-corrected chi connectivity index (χ2v) is 7.04. The van der Waals surface area contributed by atoms with E-state index in [-0.39, 0.29) is 19.1 Å². The zero-order valence-electron chi connectivity index (χ0n) is 13.9. The van der Waals surface area contributed by atoms with Crippen LogP contribution in [0.2, 0.25) is 0 Å². The molecule has 0 heterocycles. The molecule has 0 radical (unpaired) electrons. The number of fused-ring (bicyclic) bond motifs is 1. The van der Waals surface area contributed by atoms with E-state index in [4.69, 9.17) is 9.47 Å². The molecule has 0 fully saturated rings. The first-order valence-electron chi connectivity index (χ1n) is 7.55. The minimum Gasteiger partial charge on any atom is -0.483 e. The Hall–Kier alpha value is -2.08. The number of carbonyl (C=O) groups is 2. The lowest BCUT2D eigenvalue weighted by molar-refractivity contribution is -0.154. The Balaban J connectivity index is 1.88. The number of carbonyl (C=O) groups excluding carboxylic acids is 2. The van der Waals surface area contributed by atoms with Crippen molar-refractivity contribution in [2.75, 3.05) is 13.2 Å². The summed E-state index contributed by atoms with van der Waals surface area (Å²) in [7, 11) is 0. The van der Waals surface area contributed by atoms with E-state index >= 15 is 0 Å². The second kappa shape index (κ2) is 7.66. The number of amides is 1. The highest BCUT2D eigenvalue weighted by atomic mass is 79.9. The second-order valence-electron chi connectivity index (χ2n) is 6.25. The normalized spacial score (nSPS) is 11.2. The van der Waals surface area contributed by atoms with E-state index in [1.54, 1.807) is 26.8 Å². The molecule has 128 valence electrons. The molecule has 0 saturated heterocycles. The molecule has 0 spiro atoms. The van der Waals surface area contributed by atoms with Crippen molar-refractivity contribution in [2.45, 2.75) is 26.4 Å². The number of esters is 1. The lowest BCUT2D eigenvalue weighted by Crippen LogP contribution is -2.36. The molecular formula is C18H20BrNO4. The van der Waals surface area contributed by atoms with Crippen LogP contribution in [0.25, 0.3) is 10.8 Å². The number of hydrogen-bond donors (Lipinski definition) is 1. The zero-order chi connectivity index (χ0) is 17.7. The van der Waals surface area contributed by atoms with Gasteiger partial charge in [0.25, 0.3) is 5.91 Å². The third kappa shape index (κ3) is 5.23. The summed E-state index contributed by atoms with van der Waals surface area (Å²) in [4.78, 5) is 23.4. The highest BCUT2D eigenvalue weighted by Crippen LogP contribution is 2.32. The zero-order valence-corrected chi connectivity index (χ0v) is 15.5. The largest absolute Gasteiger partial charge is 0.483 e. The Kier molecular flexibility index (Phi) is 5.83. The van der Waals surface area contributed by atoms with Crippen molar-refractivity contribution < 1.29 is 19.1 Å². The Morgan fingerprint density at radius 2 is 1.83 bits per heavy atom. The predicted molar refractivity (Wildman–Crippen MR) is 96.0 cm³/mol. The van der Waals surface area contributed by atoms with Gasteiger partial charge in [-0.15, -0.1) is 0 Å². The Labute approximate surface area is 149 Å². The molecular weight excluding hydrogens is 374 g/mol. The lowest BCUT2D eigenvalue weighted by Gasteiger charge is -2.19. The van der Waals surface area contributed by atoms with Gasteiger partial charge in [-0.25, -0.2) is 0 Å². The fourth-order valence-electron chi connectivity index (χ4n) is 2.07. The molecule has 0 atom stereocenters. The monoisotopic (exact) mass is 393 g/mol. The van der Waals surface area contributed by atoms with Crippen molar-refractivity contribution in [2.24, 2.45) is 0 Å². The van der Waals surface area contributed by atoms with Crippen LogP contribution in [0.3, 0.4) is 0 Å². The van der Waals surface area contributed by atoms with Crippen LogP contribution in [0, 0.1) is 0 Å². The summed E-state index contributed by atoms with van der Waals surface area (Å²) in [6.07, 6.45) is 0. The number of rotatable bonds is 5. The van der Waals surface area contributed by atoms with Crippen LogP contribution in [0.15, 0.2) is 40.9 Å². The molecule has 2 aromatic carbocycles. The summed E-state index contributed by atoms with van der Waals surface area (Å²) in [5, 5.41) is 4.56. The molecule has 6 heteroatoms. The van der Waals surface area contributed by atoms with Crippen molar-refractivity contribution in [1.29, 1.82) is 0 Å². The summed E-state index contributed by atoms with van der Waals surface area (Å²) < 4.78 is 11.4. The maximum Gasteiger partial charge on any atom is 0.325 e. The predicted octanol–water partition coefficient (Wildman–Crippen LogP) is 3.44. The topological polar surface area (TPSA) is 64.6 Å². The van der Waals surface area contributed by atoms with E-state index in [0.717, 1.165) is 15.2 Å². The standard InChI is InChI=1S/C18H20BrNO4/c1-18(2,3)24-16(22)10-20-15(21)11-23-14-9-8-12-6-4-5-7-13(12)17(14)19/h4-9H,10-11H2,1-3H3,(H,20,21). The maximum absolute atomic E-state index is 11.8. The molecule has 0 aliphatic carbocycles. The van der Waals surface area contributed by atoms with Crippen LogP contribution < -0.4 is 10.1 Å². The van der Waals surface area contributed by atoms with Gasteiger partial charge >= 0.3 is 5.97 Å². The molecule has 0 saturated carbocycles. The van der Waals surface area contributed by atoms with Crippen LogP contribution in [-0.4, -0.2) is 30.6 Å². The first-order valence-corrected chi connectivity index (χ1v) is 8.34. The molecule has 0 aliphatic heterocycles. The number of ether oxygens (including phenoxy) is 2. The van der Waals surface area contributed by atoms with E-state index in [0.29, 0.717) is 5.75 Å². The van der Waals surface area contributed by atoms with Gasteiger partial charge in [0.1, 0.15) is 17.9 Å². The lowest BCUT2D eigenvalue weighted by atomic mass is 10.1. The molecule has 5 nitrogen and oxygen atoms in total. The van der Waals surface area contributed by atoms with E-state index < -0.39 is 11.6 Å². The summed E-state index contributed by atoms with van der Waals surface area (Å²) in [5.41, 5.74) is -0.575. The van der Waals surface area contributed by atoms with Crippen molar-refractivity contribution >= 4 is 38.6 Å². The molecule has 0 unspecified atom stereocenters. The van der Waals surface area contributed by atoms with Crippen LogP contribution in [0.4, 0.5) is 0 Å². The van der Waals surface area contributed by atoms with Gasteiger partial charge in [0.2, 0.25) is 0 Å². The molecule has 2 rings (SSSR count). The smallest absolute Gasteiger partial charge is 0.325 e. The quantitative estimate of drug-likeness (QED) is 0.790. The number of hydrogen-bond acceptors (Lipinski definition) is 4. The molecule has 0 aliphatic rings. The molecule has 1 amide bonds. The average molecular weight is 394 g/mol. The number of nitrogens with one attached hydrogen (secondary N) is 1. The van der Waals surface area contributed by atoms with Crippen molar-refractivity contribution in [3.05, 3.63) is 40.9 Å². The summed E-state index contributed by atoms with van der Waals surface area (Å²) in [6, 6.07) is 11.6. The van der Waals surface area contributed by atoms with Crippen molar-refractivity contribution in [1.82, 2.24) is 5.32 Å². The highest BCUT2D eigenvalue weighted by molar-refractivity contribution is 9.10. The minimum atomic E-state index is -0.575. The van der Waals surface area contributed by atoms with Crippen LogP contribution >= 0.6 is 15.9 Å². The van der Waals surface area contributed by atoms with Gasteiger partial charge in [-0.05, 0) is 53.5 Å². The highest BCUT2D eigenvalue weighted by Gasteiger charge is 2.17. The van der Waals surface area contributed by atoms with E-state index in [1.165, 1.54) is 0 Å². The van der Waals surface area contributed by atoms with Gasteiger partial charge in [-0.2, -0.15) is 0 Å². The van der Waals surface area contributed by atoms with Gasteiger partial charge < -0.3 is 14.8 Å². The summed E-state index contributed by atoms with van der Waals surface area (Å²) in [5.74, 6) is -0.301.